The van der Waals surface area contributed by atoms with Gasteiger partial charge in [0.05, 0.1) is 19.1 Å². The Balaban J connectivity index is 2.03. The van der Waals surface area contributed by atoms with E-state index in [1.165, 1.54) is 4.80 Å². The normalized spacial score (nSPS) is 11.1. The predicted octanol–water partition coefficient (Wildman–Crippen LogP) is 0.795. The number of anilines is 1. The maximum absolute atomic E-state index is 5.79. The molecule has 0 aliphatic heterocycles. The Morgan fingerprint density at radius 3 is 2.94 bits per heavy atom. The fraction of sp³-hybridized carbons (Fsp3) is 0.182. The zero-order valence-corrected chi connectivity index (χ0v) is 9.41. The highest BCUT2D eigenvalue weighted by atomic mass is 15.6. The Kier molecular flexibility index (Phi) is 2.07. The van der Waals surface area contributed by atoms with Crippen molar-refractivity contribution in [2.24, 2.45) is 7.05 Å². The third-order valence-corrected chi connectivity index (χ3v) is 2.66. The molecule has 0 radical (unpaired) electrons. The van der Waals surface area contributed by atoms with E-state index >= 15 is 0 Å². The summed E-state index contributed by atoms with van der Waals surface area (Å²) in [6.07, 6.45) is 2.00. The number of fused-ring (bicyclic) bond motifs is 1. The SMILES string of the molecule is Cn1nnc(Cn2ccc3ccc(N)cc32)n1. The Labute approximate surface area is 97.6 Å². The molecule has 2 N–H and O–H groups in total. The minimum Gasteiger partial charge on any atom is -0.399 e. The van der Waals surface area contributed by atoms with E-state index in [4.69, 9.17) is 5.73 Å². The van der Waals surface area contributed by atoms with E-state index in [0.717, 1.165) is 16.6 Å². The van der Waals surface area contributed by atoms with E-state index in [2.05, 4.69) is 20.0 Å². The van der Waals surface area contributed by atoms with E-state index in [1.807, 2.05) is 30.5 Å². The molecule has 0 aliphatic carbocycles. The van der Waals surface area contributed by atoms with Crippen LogP contribution in [-0.4, -0.2) is 24.8 Å². The molecule has 1 aromatic carbocycles. The molecule has 0 amide bonds. The molecule has 0 saturated carbocycles. The molecule has 0 fully saturated rings. The topological polar surface area (TPSA) is 74.5 Å². The van der Waals surface area contributed by atoms with Crippen molar-refractivity contribution in [3.8, 4) is 0 Å². The van der Waals surface area contributed by atoms with Gasteiger partial charge in [0.25, 0.3) is 0 Å². The molecule has 86 valence electrons. The van der Waals surface area contributed by atoms with E-state index in [9.17, 15) is 0 Å². The summed E-state index contributed by atoms with van der Waals surface area (Å²) in [6.45, 7) is 0.598. The van der Waals surface area contributed by atoms with Crippen LogP contribution in [0.25, 0.3) is 10.9 Å². The van der Waals surface area contributed by atoms with E-state index in [1.54, 1.807) is 7.05 Å². The van der Waals surface area contributed by atoms with Gasteiger partial charge >= 0.3 is 0 Å². The third kappa shape index (κ3) is 1.73. The molecule has 2 aromatic heterocycles. The summed E-state index contributed by atoms with van der Waals surface area (Å²) in [5.41, 5.74) is 7.62. The van der Waals surface area contributed by atoms with Crippen LogP contribution in [0, 0.1) is 0 Å². The lowest BCUT2D eigenvalue weighted by Crippen LogP contribution is -2.01. The fourth-order valence-electron chi connectivity index (χ4n) is 1.88. The van der Waals surface area contributed by atoms with Crippen molar-refractivity contribution in [3.63, 3.8) is 0 Å². The number of nitrogens with zero attached hydrogens (tertiary/aromatic N) is 5. The summed E-state index contributed by atoms with van der Waals surface area (Å²) in [6, 6.07) is 7.90. The van der Waals surface area contributed by atoms with Crippen molar-refractivity contribution < 1.29 is 0 Å². The molecule has 0 atom stereocenters. The van der Waals surface area contributed by atoms with Gasteiger partial charge in [-0.25, -0.2) is 0 Å². The number of nitrogen functional groups attached to an aromatic ring is 1. The summed E-state index contributed by atoms with van der Waals surface area (Å²) >= 11 is 0. The van der Waals surface area contributed by atoms with Crippen LogP contribution in [0.1, 0.15) is 5.82 Å². The van der Waals surface area contributed by atoms with Gasteiger partial charge in [0, 0.05) is 11.9 Å². The second kappa shape index (κ2) is 3.58. The lowest BCUT2D eigenvalue weighted by atomic mass is 10.2. The lowest BCUT2D eigenvalue weighted by Gasteiger charge is -2.02. The number of aryl methyl sites for hydroxylation is 1. The molecule has 17 heavy (non-hydrogen) atoms. The smallest absolute Gasteiger partial charge is 0.194 e. The monoisotopic (exact) mass is 228 g/mol. The van der Waals surface area contributed by atoms with Crippen LogP contribution in [0.3, 0.4) is 0 Å². The molecule has 6 heteroatoms. The highest BCUT2D eigenvalue weighted by Gasteiger charge is 2.05. The maximum atomic E-state index is 5.79. The number of hydrogen-bond acceptors (Lipinski definition) is 4. The largest absolute Gasteiger partial charge is 0.399 e. The van der Waals surface area contributed by atoms with Crippen LogP contribution in [0.2, 0.25) is 0 Å². The molecular formula is C11H12N6. The van der Waals surface area contributed by atoms with Crippen molar-refractivity contribution in [2.75, 3.05) is 5.73 Å². The first kappa shape index (κ1) is 9.83. The van der Waals surface area contributed by atoms with Crippen molar-refractivity contribution in [2.45, 2.75) is 6.54 Å². The first-order valence-corrected chi connectivity index (χ1v) is 5.29. The first-order chi connectivity index (χ1) is 8.22. The average molecular weight is 228 g/mol. The summed E-state index contributed by atoms with van der Waals surface area (Å²) in [7, 11) is 1.75. The van der Waals surface area contributed by atoms with Crippen molar-refractivity contribution in [3.05, 3.63) is 36.3 Å². The number of aromatic nitrogens is 5. The molecule has 0 aliphatic rings. The minimum absolute atomic E-state index is 0.598. The number of benzene rings is 1. The quantitative estimate of drug-likeness (QED) is 0.658. The highest BCUT2D eigenvalue weighted by molar-refractivity contribution is 5.83. The van der Waals surface area contributed by atoms with Crippen LogP contribution >= 0.6 is 0 Å². The Morgan fingerprint density at radius 2 is 2.18 bits per heavy atom. The van der Waals surface area contributed by atoms with Crippen molar-refractivity contribution in [1.29, 1.82) is 0 Å². The average Bonchev–Trinajstić information content (AvgIpc) is 2.87. The van der Waals surface area contributed by atoms with Gasteiger partial charge in [-0.2, -0.15) is 4.80 Å². The van der Waals surface area contributed by atoms with Crippen LogP contribution in [0.15, 0.2) is 30.5 Å². The molecular weight excluding hydrogens is 216 g/mol. The van der Waals surface area contributed by atoms with Gasteiger partial charge in [-0.1, -0.05) is 6.07 Å². The van der Waals surface area contributed by atoms with Gasteiger partial charge in [0.15, 0.2) is 5.82 Å². The molecule has 2 heterocycles. The second-order valence-corrected chi connectivity index (χ2v) is 3.96. The molecule has 3 aromatic rings. The second-order valence-electron chi connectivity index (χ2n) is 3.96. The van der Waals surface area contributed by atoms with Crippen molar-refractivity contribution in [1.82, 2.24) is 24.8 Å². The zero-order valence-electron chi connectivity index (χ0n) is 9.41. The van der Waals surface area contributed by atoms with Crippen molar-refractivity contribution >= 4 is 16.6 Å². The minimum atomic E-state index is 0.598. The van der Waals surface area contributed by atoms with E-state index < -0.39 is 0 Å². The van der Waals surface area contributed by atoms with E-state index in [-0.39, 0.29) is 0 Å². The third-order valence-electron chi connectivity index (χ3n) is 2.66. The highest BCUT2D eigenvalue weighted by Crippen LogP contribution is 2.19. The first-order valence-electron chi connectivity index (χ1n) is 5.29. The Bertz CT molecular complexity index is 665. The number of tetrazole rings is 1. The van der Waals surface area contributed by atoms with Crippen LogP contribution in [0.4, 0.5) is 5.69 Å². The zero-order chi connectivity index (χ0) is 11.8. The van der Waals surface area contributed by atoms with Gasteiger partial charge in [-0.05, 0) is 28.8 Å². The number of hydrogen-bond donors (Lipinski definition) is 1. The van der Waals surface area contributed by atoms with Gasteiger partial charge in [0.1, 0.15) is 0 Å². The predicted molar refractivity (Wildman–Crippen MR) is 64.3 cm³/mol. The summed E-state index contributed by atoms with van der Waals surface area (Å²) in [5, 5.41) is 13.1. The van der Waals surface area contributed by atoms with Gasteiger partial charge in [-0.3, -0.25) is 0 Å². The van der Waals surface area contributed by atoms with E-state index in [0.29, 0.717) is 12.4 Å². The Hall–Kier alpha value is -2.37. The Morgan fingerprint density at radius 1 is 1.29 bits per heavy atom. The molecule has 6 nitrogen and oxygen atoms in total. The van der Waals surface area contributed by atoms with Gasteiger partial charge in [0.2, 0.25) is 0 Å². The van der Waals surface area contributed by atoms with Crippen LogP contribution in [-0.2, 0) is 13.6 Å². The molecule has 0 bridgehead atoms. The van der Waals surface area contributed by atoms with Gasteiger partial charge in [-0.15, -0.1) is 10.2 Å². The summed E-state index contributed by atoms with van der Waals surface area (Å²) in [5.74, 6) is 0.687. The summed E-state index contributed by atoms with van der Waals surface area (Å²) in [4.78, 5) is 1.45. The summed E-state index contributed by atoms with van der Waals surface area (Å²) < 4.78 is 2.06. The molecule has 0 unspecified atom stereocenters. The number of nitrogens with two attached hydrogens (primary N) is 1. The molecule has 0 saturated heterocycles. The maximum Gasteiger partial charge on any atom is 0.194 e. The lowest BCUT2D eigenvalue weighted by molar-refractivity contribution is 0.626. The van der Waals surface area contributed by atoms with Crippen LogP contribution < -0.4 is 5.73 Å². The fourth-order valence-corrected chi connectivity index (χ4v) is 1.88. The van der Waals surface area contributed by atoms with Crippen LogP contribution in [0.5, 0.6) is 0 Å². The number of rotatable bonds is 2. The molecule has 0 spiro atoms. The molecule has 3 rings (SSSR count). The van der Waals surface area contributed by atoms with Gasteiger partial charge < -0.3 is 10.3 Å². The standard InChI is InChI=1S/C11H12N6/c1-16-14-11(13-15-16)7-17-5-4-8-2-3-9(12)6-10(8)17/h2-6H,7,12H2,1H3.